The highest BCUT2D eigenvalue weighted by Gasteiger charge is 2.72. The Morgan fingerprint density at radius 3 is 2.02 bits per heavy atom. The molecule has 1 N–H and O–H groups in total. The summed E-state index contributed by atoms with van der Waals surface area (Å²) < 4.78 is 19.3. The van der Waals surface area contributed by atoms with Crippen LogP contribution < -0.4 is 9.47 Å². The first-order chi connectivity index (χ1) is 30.6. The van der Waals surface area contributed by atoms with Gasteiger partial charge < -0.3 is 19.3 Å². The lowest BCUT2D eigenvalue weighted by atomic mass is 9.34. The minimum Gasteiger partial charge on any atom is -0.471 e. The van der Waals surface area contributed by atoms with Crippen molar-refractivity contribution in [3.63, 3.8) is 0 Å². The van der Waals surface area contributed by atoms with Crippen molar-refractivity contribution in [1.82, 2.24) is 0 Å². The number of aliphatic hydroxyl groups is 1. The van der Waals surface area contributed by atoms with E-state index in [-0.39, 0.29) is 55.9 Å². The summed E-state index contributed by atoms with van der Waals surface area (Å²) in [7, 11) is 1.51. The largest absolute Gasteiger partial charge is 0.471 e. The number of allylic oxidation sites excluding steroid dienone is 5. The van der Waals surface area contributed by atoms with Crippen molar-refractivity contribution in [3.8, 4) is 11.5 Å². The number of carbonyl (C=O) groups excluding carboxylic acids is 4. The zero-order valence-corrected chi connectivity index (χ0v) is 42.1. The van der Waals surface area contributed by atoms with Crippen molar-refractivity contribution in [3.05, 3.63) is 69.4 Å². The Bertz CT molecular complexity index is 2630. The van der Waals surface area contributed by atoms with E-state index < -0.39 is 33.4 Å². The van der Waals surface area contributed by atoms with E-state index in [0.29, 0.717) is 40.9 Å². The Balaban J connectivity index is 0.987. The number of esters is 1. The van der Waals surface area contributed by atoms with Gasteiger partial charge in [0.05, 0.1) is 12.5 Å². The molecule has 354 valence electrons. The third-order valence-electron chi connectivity index (χ3n) is 23.3. The van der Waals surface area contributed by atoms with Gasteiger partial charge in [-0.2, -0.15) is 0 Å². The maximum Gasteiger partial charge on any atom is 0.317 e. The number of fused-ring (bicyclic) bond motifs is 17. The minimum absolute atomic E-state index is 0.0442. The van der Waals surface area contributed by atoms with Gasteiger partial charge in [0.2, 0.25) is 11.4 Å². The van der Waals surface area contributed by atoms with Gasteiger partial charge in [-0.05, 0) is 177 Å². The van der Waals surface area contributed by atoms with E-state index in [1.54, 1.807) is 13.0 Å². The fourth-order valence-electron chi connectivity index (χ4n) is 18.4. The molecule has 6 saturated carbocycles. The van der Waals surface area contributed by atoms with Gasteiger partial charge in [-0.25, -0.2) is 0 Å². The van der Waals surface area contributed by atoms with E-state index in [1.165, 1.54) is 18.3 Å². The van der Waals surface area contributed by atoms with E-state index in [9.17, 15) is 24.3 Å². The number of hydrogen-bond donors (Lipinski definition) is 1. The highest BCUT2D eigenvalue weighted by molar-refractivity contribution is 6.10. The molecular weight excluding hydrogens is 825 g/mol. The smallest absolute Gasteiger partial charge is 0.317 e. The van der Waals surface area contributed by atoms with Crippen molar-refractivity contribution >= 4 is 23.3 Å². The summed E-state index contributed by atoms with van der Waals surface area (Å²) in [6.45, 7) is 27.0. The molecule has 0 unspecified atom stereocenters. The first-order valence-corrected chi connectivity index (χ1v) is 25.5. The van der Waals surface area contributed by atoms with Gasteiger partial charge in [0.25, 0.3) is 0 Å². The first kappa shape index (κ1) is 44.7. The molecule has 8 heteroatoms. The van der Waals surface area contributed by atoms with Gasteiger partial charge in [-0.3, -0.25) is 19.2 Å². The summed E-state index contributed by atoms with van der Waals surface area (Å²) in [5.74, 6) is -1.30. The number of carbonyl (C=O) groups is 4. The lowest BCUT2D eigenvalue weighted by Crippen LogP contribution is -2.70. The third-order valence-corrected chi connectivity index (χ3v) is 23.3. The summed E-state index contributed by atoms with van der Waals surface area (Å²) >= 11 is 0. The van der Waals surface area contributed by atoms with Crippen molar-refractivity contribution in [1.29, 1.82) is 0 Å². The second-order valence-corrected chi connectivity index (χ2v) is 26.3. The lowest BCUT2D eigenvalue weighted by Gasteiger charge is -2.70. The topological polar surface area (TPSA) is 116 Å². The summed E-state index contributed by atoms with van der Waals surface area (Å²) in [6.07, 6.45) is 19.6. The summed E-state index contributed by atoms with van der Waals surface area (Å²) in [5.41, 5.74) is 2.55. The fourth-order valence-corrected chi connectivity index (χ4v) is 18.4. The number of ketones is 3. The maximum absolute atomic E-state index is 14.8. The zero-order chi connectivity index (χ0) is 47.6. The maximum atomic E-state index is 14.8. The van der Waals surface area contributed by atoms with Crippen LogP contribution in [0.5, 0.6) is 11.5 Å². The molecule has 1 aliphatic heterocycles. The molecule has 0 amide bonds. The third kappa shape index (κ3) is 4.92. The van der Waals surface area contributed by atoms with E-state index in [2.05, 4.69) is 81.4 Å². The second kappa shape index (κ2) is 12.9. The molecule has 66 heavy (non-hydrogen) atoms. The van der Waals surface area contributed by atoms with Crippen LogP contribution in [0.1, 0.15) is 181 Å². The van der Waals surface area contributed by atoms with Crippen LogP contribution >= 0.6 is 0 Å². The van der Waals surface area contributed by atoms with E-state index in [0.717, 1.165) is 93.8 Å². The van der Waals surface area contributed by atoms with Crippen LogP contribution in [0, 0.1) is 68.0 Å². The highest BCUT2D eigenvalue weighted by Crippen LogP contribution is 2.77. The van der Waals surface area contributed by atoms with Gasteiger partial charge in [0, 0.05) is 39.9 Å². The number of hydrogen-bond acceptors (Lipinski definition) is 8. The van der Waals surface area contributed by atoms with E-state index >= 15 is 0 Å². The zero-order valence-electron chi connectivity index (χ0n) is 42.1. The van der Waals surface area contributed by atoms with Gasteiger partial charge in [-0.1, -0.05) is 80.0 Å². The number of rotatable bonds is 1. The molecule has 6 fully saturated rings. The number of Topliss-reactive ketones (excluding diaryl/α,β-unsaturated/α-hetero) is 1. The molecule has 1 aromatic carbocycles. The van der Waals surface area contributed by atoms with Crippen LogP contribution in [0.3, 0.4) is 0 Å². The molecule has 10 aliphatic rings. The monoisotopic (exact) mass is 899 g/mol. The fraction of sp³-hybridized carbons (Fsp3) is 0.690. The van der Waals surface area contributed by atoms with Crippen LogP contribution in [-0.4, -0.2) is 46.9 Å². The molecule has 0 bridgehead atoms. The average molecular weight is 899 g/mol. The summed E-state index contributed by atoms with van der Waals surface area (Å²) in [6, 6.07) is 2.01. The predicted molar refractivity (Wildman–Crippen MR) is 253 cm³/mol. The Labute approximate surface area is 392 Å². The van der Waals surface area contributed by atoms with E-state index in [1.807, 2.05) is 19.1 Å². The molecule has 0 spiro atoms. The van der Waals surface area contributed by atoms with Crippen LogP contribution in [0.2, 0.25) is 0 Å². The van der Waals surface area contributed by atoms with Crippen molar-refractivity contribution < 1.29 is 38.5 Å². The Hall–Kier alpha value is -3.78. The summed E-state index contributed by atoms with van der Waals surface area (Å²) in [5, 5.41) is 12.8. The van der Waals surface area contributed by atoms with Crippen LogP contribution in [0.15, 0.2) is 52.7 Å². The highest BCUT2D eigenvalue weighted by atomic mass is 16.7. The molecule has 0 radical (unpaired) electrons. The van der Waals surface area contributed by atoms with E-state index in [4.69, 9.17) is 14.2 Å². The van der Waals surface area contributed by atoms with Crippen LogP contribution in [-0.2, 0) is 24.5 Å². The lowest BCUT2D eigenvalue weighted by molar-refractivity contribution is -0.231. The van der Waals surface area contributed by atoms with Crippen molar-refractivity contribution in [2.45, 2.75) is 183 Å². The Morgan fingerprint density at radius 1 is 0.712 bits per heavy atom. The van der Waals surface area contributed by atoms with Crippen molar-refractivity contribution in [2.75, 3.05) is 7.11 Å². The van der Waals surface area contributed by atoms with Crippen LogP contribution in [0.25, 0.3) is 0 Å². The Morgan fingerprint density at radius 2 is 1.33 bits per heavy atom. The molecule has 0 saturated heterocycles. The molecule has 0 aromatic heterocycles. The standard InChI is InChI=1S/C58H74O8/c1-32-26-41-49(4,30-38(32)60)19-23-55(10)42-29-37(59)45-33(2)46-39(27-36(45)52(42,7)21-24-54(41,55)9)65-57(12)34-14-15-40-51(6,35(34)28-44(61)58(57,63)66-46)20-25-56(11)43-31-50(5,47(62)64-13)17-16-48(43,3)18-22-53(40,56)8/h14-15,27-29,32,41,43,63H,16-26,30-31H2,1-13H3/t32-,41-,43-,48-,49+,50-,51+,52+,53-,54+,55-,56+,57-,58+/m1/s1. The van der Waals surface area contributed by atoms with Gasteiger partial charge >= 0.3 is 11.8 Å². The van der Waals surface area contributed by atoms with Gasteiger partial charge in [-0.15, -0.1) is 0 Å². The quantitative estimate of drug-likeness (QED) is 0.277. The summed E-state index contributed by atoms with van der Waals surface area (Å²) in [4.78, 5) is 56.0. The first-order valence-electron chi connectivity index (χ1n) is 25.5. The van der Waals surface area contributed by atoms with Crippen LogP contribution in [0.4, 0.5) is 0 Å². The molecule has 1 heterocycles. The van der Waals surface area contributed by atoms with Gasteiger partial charge in [0.1, 0.15) is 5.78 Å². The number of ether oxygens (including phenoxy) is 3. The molecule has 14 atom stereocenters. The Kier molecular flexibility index (Phi) is 8.73. The molecule has 11 rings (SSSR count). The minimum atomic E-state index is -2.37. The predicted octanol–water partition coefficient (Wildman–Crippen LogP) is 11.8. The number of benzene rings is 1. The second-order valence-electron chi connectivity index (χ2n) is 26.3. The molecule has 9 aliphatic carbocycles. The van der Waals surface area contributed by atoms with Crippen molar-refractivity contribution in [2.24, 2.45) is 61.1 Å². The normalized spacial score (nSPS) is 49.5. The van der Waals surface area contributed by atoms with Gasteiger partial charge in [0.15, 0.2) is 17.3 Å². The molecular formula is C58H74O8. The molecule has 8 nitrogen and oxygen atoms in total. The average Bonchev–Trinajstić information content (AvgIpc) is 3.25. The SMILES string of the molecule is COC(=O)[C@]1(C)CC[C@]2(C)CC[C@]3(C)C4=CC=C5C(=CC(=O)[C@]6(O)Oc7c(cc8c(c7C)C(=O)C=C7[C@@]8(C)CC[C@@]8(C)[C@@H]9C[C@@H](C)C(=O)C[C@]9(C)CC[C@]78C)O[C@]56C)[C@]4(C)CC[C@@]3(C)[C@@H]2C1. The number of methoxy groups -OCH3 is 1. The molecule has 1 aromatic rings.